The Hall–Kier alpha value is -1.16. The summed E-state index contributed by atoms with van der Waals surface area (Å²) in [6.45, 7) is 3.83. The van der Waals surface area contributed by atoms with Crippen molar-refractivity contribution in [3.63, 3.8) is 0 Å². The van der Waals surface area contributed by atoms with Gasteiger partial charge in [-0.2, -0.15) is 0 Å². The molecule has 112 valence electrons. The second kappa shape index (κ2) is 5.68. The van der Waals surface area contributed by atoms with E-state index in [2.05, 4.69) is 0 Å². The number of benzene rings is 1. The van der Waals surface area contributed by atoms with Crippen molar-refractivity contribution in [3.8, 4) is 5.75 Å². The van der Waals surface area contributed by atoms with E-state index in [1.807, 2.05) is 26.0 Å². The summed E-state index contributed by atoms with van der Waals surface area (Å²) in [5, 5.41) is 10.5. The first-order valence-corrected chi connectivity index (χ1v) is 7.05. The molecule has 1 aliphatic rings. The number of aryl methyl sites for hydroxylation is 2. The molecule has 2 rings (SSSR count). The van der Waals surface area contributed by atoms with Crippen molar-refractivity contribution in [2.75, 3.05) is 7.11 Å². The van der Waals surface area contributed by atoms with Gasteiger partial charge in [-0.05, 0) is 61.4 Å². The van der Waals surface area contributed by atoms with Crippen LogP contribution in [0.1, 0.15) is 48.5 Å². The maximum Gasteiger partial charge on any atom is 0.248 e. The maximum absolute atomic E-state index is 13.2. The molecule has 4 heteroatoms. The lowest BCUT2D eigenvalue weighted by Gasteiger charge is -2.32. The number of aliphatic hydroxyl groups excluding tert-OH is 1. The normalized spacial score (nSPS) is 20.7. The van der Waals surface area contributed by atoms with E-state index in [1.165, 1.54) is 0 Å². The zero-order valence-electron chi connectivity index (χ0n) is 12.2. The van der Waals surface area contributed by atoms with Gasteiger partial charge in [0.25, 0.3) is 0 Å². The lowest BCUT2D eigenvalue weighted by atomic mass is 9.80. The Morgan fingerprint density at radius 1 is 1.20 bits per heavy atom. The summed E-state index contributed by atoms with van der Waals surface area (Å²) in [5.41, 5.74) is 2.73. The van der Waals surface area contributed by atoms with E-state index in [-0.39, 0.29) is 18.8 Å². The van der Waals surface area contributed by atoms with E-state index in [0.717, 1.165) is 22.4 Å². The molecule has 1 aromatic carbocycles. The summed E-state index contributed by atoms with van der Waals surface area (Å²) in [6, 6.07) is 3.80. The van der Waals surface area contributed by atoms with Crippen molar-refractivity contribution >= 4 is 0 Å². The highest BCUT2D eigenvalue weighted by atomic mass is 19.3. The molecule has 0 aliphatic heterocycles. The summed E-state index contributed by atoms with van der Waals surface area (Å²) in [6.07, 6.45) is -0.167. The largest absolute Gasteiger partial charge is 0.496 e. The highest BCUT2D eigenvalue weighted by Gasteiger charge is 2.37. The number of halogens is 2. The summed E-state index contributed by atoms with van der Waals surface area (Å²) < 4.78 is 31.6. The van der Waals surface area contributed by atoms with Crippen molar-refractivity contribution < 1.29 is 18.6 Å². The summed E-state index contributed by atoms with van der Waals surface area (Å²) >= 11 is 0. The number of hydrogen-bond donors (Lipinski definition) is 1. The molecule has 1 N–H and O–H groups in total. The van der Waals surface area contributed by atoms with Crippen LogP contribution in [0.5, 0.6) is 5.75 Å². The summed E-state index contributed by atoms with van der Waals surface area (Å²) in [5.74, 6) is -1.85. The van der Waals surface area contributed by atoms with Crippen LogP contribution in [0.25, 0.3) is 0 Å². The average molecular weight is 284 g/mol. The molecule has 20 heavy (non-hydrogen) atoms. The van der Waals surface area contributed by atoms with Crippen LogP contribution >= 0.6 is 0 Å². The summed E-state index contributed by atoms with van der Waals surface area (Å²) in [7, 11) is 1.61. The molecule has 1 fully saturated rings. The molecule has 0 bridgehead atoms. The van der Waals surface area contributed by atoms with Gasteiger partial charge >= 0.3 is 0 Å². The lowest BCUT2D eigenvalue weighted by molar-refractivity contribution is -0.0627. The monoisotopic (exact) mass is 284 g/mol. The Bertz CT molecular complexity index is 476. The van der Waals surface area contributed by atoms with Gasteiger partial charge in [0, 0.05) is 12.8 Å². The van der Waals surface area contributed by atoms with Crippen LogP contribution in [-0.4, -0.2) is 18.1 Å². The Kier molecular flexibility index (Phi) is 4.33. The molecule has 1 aromatic rings. The van der Waals surface area contributed by atoms with Gasteiger partial charge in [-0.15, -0.1) is 0 Å². The first-order chi connectivity index (χ1) is 9.34. The Morgan fingerprint density at radius 2 is 1.80 bits per heavy atom. The zero-order chi connectivity index (χ0) is 14.9. The highest BCUT2D eigenvalue weighted by Crippen LogP contribution is 2.42. The van der Waals surface area contributed by atoms with Crippen LogP contribution in [0, 0.1) is 19.8 Å². The third-order valence-corrected chi connectivity index (χ3v) is 4.31. The van der Waals surface area contributed by atoms with Crippen molar-refractivity contribution in [1.82, 2.24) is 0 Å². The van der Waals surface area contributed by atoms with Gasteiger partial charge < -0.3 is 9.84 Å². The van der Waals surface area contributed by atoms with Crippen LogP contribution < -0.4 is 4.74 Å². The van der Waals surface area contributed by atoms with E-state index in [4.69, 9.17) is 4.74 Å². The number of alkyl halides is 2. The molecule has 1 aliphatic carbocycles. The average Bonchev–Trinajstić information content (AvgIpc) is 2.40. The predicted octanol–water partition coefficient (Wildman–Crippen LogP) is 4.17. The van der Waals surface area contributed by atoms with Gasteiger partial charge in [-0.1, -0.05) is 0 Å². The van der Waals surface area contributed by atoms with Crippen molar-refractivity contribution in [3.05, 3.63) is 28.8 Å². The fourth-order valence-corrected chi connectivity index (χ4v) is 2.98. The van der Waals surface area contributed by atoms with Crippen LogP contribution in [0.3, 0.4) is 0 Å². The minimum Gasteiger partial charge on any atom is -0.496 e. The van der Waals surface area contributed by atoms with Gasteiger partial charge in [0.1, 0.15) is 5.75 Å². The molecule has 1 unspecified atom stereocenters. The fraction of sp³-hybridized carbons (Fsp3) is 0.625. The molecule has 1 atom stereocenters. The molecule has 1 saturated carbocycles. The van der Waals surface area contributed by atoms with Crippen molar-refractivity contribution in [2.24, 2.45) is 5.92 Å². The Morgan fingerprint density at radius 3 is 2.35 bits per heavy atom. The van der Waals surface area contributed by atoms with Gasteiger partial charge in [0.15, 0.2) is 0 Å². The predicted molar refractivity (Wildman–Crippen MR) is 74.3 cm³/mol. The summed E-state index contributed by atoms with van der Waals surface area (Å²) in [4.78, 5) is 0. The third-order valence-electron chi connectivity index (χ3n) is 4.31. The van der Waals surface area contributed by atoms with Gasteiger partial charge in [-0.25, -0.2) is 8.78 Å². The second-order valence-corrected chi connectivity index (χ2v) is 5.82. The van der Waals surface area contributed by atoms with Crippen LogP contribution in [0.2, 0.25) is 0 Å². The third kappa shape index (κ3) is 3.11. The molecule has 0 saturated heterocycles. The van der Waals surface area contributed by atoms with Crippen LogP contribution in [0.15, 0.2) is 12.1 Å². The number of aliphatic hydroxyl groups is 1. The molecule has 0 amide bonds. The van der Waals surface area contributed by atoms with E-state index in [0.29, 0.717) is 12.8 Å². The Labute approximate surface area is 118 Å². The molecule has 0 aromatic heterocycles. The highest BCUT2D eigenvalue weighted by molar-refractivity contribution is 5.42. The molecule has 0 heterocycles. The SMILES string of the molecule is COc1cc(C)c(C(O)C2CCC(F)(F)CC2)cc1C. The minimum atomic E-state index is -2.55. The smallest absolute Gasteiger partial charge is 0.248 e. The molecular formula is C16H22F2O2. The lowest BCUT2D eigenvalue weighted by Crippen LogP contribution is -2.28. The molecular weight excluding hydrogens is 262 g/mol. The van der Waals surface area contributed by atoms with Crippen LogP contribution in [0.4, 0.5) is 8.78 Å². The van der Waals surface area contributed by atoms with E-state index < -0.39 is 12.0 Å². The molecule has 0 spiro atoms. The second-order valence-electron chi connectivity index (χ2n) is 5.82. The topological polar surface area (TPSA) is 29.5 Å². The number of hydrogen-bond acceptors (Lipinski definition) is 2. The van der Waals surface area contributed by atoms with Gasteiger partial charge in [-0.3, -0.25) is 0 Å². The minimum absolute atomic E-state index is 0.0823. The van der Waals surface area contributed by atoms with Crippen molar-refractivity contribution in [1.29, 1.82) is 0 Å². The van der Waals surface area contributed by atoms with Gasteiger partial charge in [0.2, 0.25) is 5.92 Å². The first kappa shape index (κ1) is 15.2. The molecule has 0 radical (unpaired) electrons. The standard InChI is InChI=1S/C16H22F2O2/c1-10-9-14(20-3)11(2)8-13(10)15(19)12-4-6-16(17,18)7-5-12/h8-9,12,15,19H,4-7H2,1-3H3. The molecule has 2 nitrogen and oxygen atoms in total. The Balaban J connectivity index is 2.17. The zero-order valence-corrected chi connectivity index (χ0v) is 12.2. The number of rotatable bonds is 3. The quantitative estimate of drug-likeness (QED) is 0.902. The first-order valence-electron chi connectivity index (χ1n) is 7.05. The van der Waals surface area contributed by atoms with E-state index in [9.17, 15) is 13.9 Å². The van der Waals surface area contributed by atoms with E-state index in [1.54, 1.807) is 7.11 Å². The van der Waals surface area contributed by atoms with Crippen molar-refractivity contribution in [2.45, 2.75) is 51.6 Å². The van der Waals surface area contributed by atoms with Gasteiger partial charge in [0.05, 0.1) is 13.2 Å². The maximum atomic E-state index is 13.2. The fourth-order valence-electron chi connectivity index (χ4n) is 2.98. The number of methoxy groups -OCH3 is 1. The van der Waals surface area contributed by atoms with Crippen LogP contribution in [-0.2, 0) is 0 Å². The van der Waals surface area contributed by atoms with E-state index >= 15 is 0 Å². The number of ether oxygens (including phenoxy) is 1.